The first-order chi connectivity index (χ1) is 12.7. The minimum absolute atomic E-state index is 0.0204. The van der Waals surface area contributed by atoms with Gasteiger partial charge in [-0.3, -0.25) is 9.52 Å². The van der Waals surface area contributed by atoms with Gasteiger partial charge in [-0.05, 0) is 38.5 Å². The Balaban J connectivity index is 2.06. The molecule has 0 heterocycles. The standard InChI is InChI=1S/C21H28N2O3S/c1-16(2)23(14-19-8-6-5-7-9-19)21(24)18(4)15-27(25,26)22-20-12-10-17(3)11-13-20/h5-13,16,18,22H,14-15H2,1-4H3. The lowest BCUT2D eigenvalue weighted by molar-refractivity contribution is -0.136. The molecule has 2 aromatic rings. The Labute approximate surface area is 162 Å². The minimum Gasteiger partial charge on any atom is -0.336 e. The molecule has 1 atom stereocenters. The molecule has 0 radical (unpaired) electrons. The van der Waals surface area contributed by atoms with Crippen molar-refractivity contribution in [2.24, 2.45) is 5.92 Å². The van der Waals surface area contributed by atoms with Gasteiger partial charge in [-0.25, -0.2) is 8.42 Å². The fourth-order valence-corrected chi connectivity index (χ4v) is 4.20. The Hall–Kier alpha value is -2.34. The average molecular weight is 389 g/mol. The predicted octanol–water partition coefficient (Wildman–Crippen LogP) is 3.81. The van der Waals surface area contributed by atoms with E-state index in [4.69, 9.17) is 0 Å². The third kappa shape index (κ3) is 6.40. The molecule has 0 aliphatic rings. The molecule has 2 aromatic carbocycles. The van der Waals surface area contributed by atoms with Crippen LogP contribution in [0.5, 0.6) is 0 Å². The minimum atomic E-state index is -3.62. The van der Waals surface area contributed by atoms with Crippen molar-refractivity contribution in [1.82, 2.24) is 4.90 Å². The highest BCUT2D eigenvalue weighted by Crippen LogP contribution is 2.16. The number of aryl methyl sites for hydroxylation is 1. The van der Waals surface area contributed by atoms with Crippen LogP contribution in [0.25, 0.3) is 0 Å². The number of anilines is 1. The Kier molecular flexibility index (Phi) is 7.02. The van der Waals surface area contributed by atoms with Gasteiger partial charge in [0.25, 0.3) is 0 Å². The normalized spacial score (nSPS) is 12.6. The van der Waals surface area contributed by atoms with E-state index in [1.165, 1.54) is 0 Å². The number of carbonyl (C=O) groups is 1. The van der Waals surface area contributed by atoms with E-state index in [0.717, 1.165) is 11.1 Å². The molecule has 1 amide bonds. The molecule has 0 aromatic heterocycles. The smallest absolute Gasteiger partial charge is 0.233 e. The van der Waals surface area contributed by atoms with E-state index in [-0.39, 0.29) is 17.7 Å². The summed E-state index contributed by atoms with van der Waals surface area (Å²) >= 11 is 0. The van der Waals surface area contributed by atoms with Crippen LogP contribution in [0.4, 0.5) is 5.69 Å². The second-order valence-electron chi connectivity index (χ2n) is 7.20. The van der Waals surface area contributed by atoms with Crippen molar-refractivity contribution in [2.45, 2.75) is 40.3 Å². The van der Waals surface area contributed by atoms with Gasteiger partial charge in [-0.15, -0.1) is 0 Å². The number of rotatable bonds is 8. The van der Waals surface area contributed by atoms with Crippen LogP contribution in [0.3, 0.4) is 0 Å². The molecule has 0 aliphatic heterocycles. The van der Waals surface area contributed by atoms with Crippen molar-refractivity contribution in [3.63, 3.8) is 0 Å². The molecule has 5 nitrogen and oxygen atoms in total. The molecule has 27 heavy (non-hydrogen) atoms. The molecule has 2 rings (SSSR count). The lowest BCUT2D eigenvalue weighted by atomic mass is 10.1. The van der Waals surface area contributed by atoms with E-state index in [1.807, 2.05) is 63.2 Å². The molecule has 1 N–H and O–H groups in total. The van der Waals surface area contributed by atoms with Crippen LogP contribution in [0.15, 0.2) is 54.6 Å². The van der Waals surface area contributed by atoms with Crippen molar-refractivity contribution in [3.8, 4) is 0 Å². The Morgan fingerprint density at radius 1 is 1.00 bits per heavy atom. The van der Waals surface area contributed by atoms with Crippen molar-refractivity contribution in [1.29, 1.82) is 0 Å². The number of nitrogens with zero attached hydrogens (tertiary/aromatic N) is 1. The van der Waals surface area contributed by atoms with Gasteiger partial charge in [0.2, 0.25) is 15.9 Å². The Bertz CT molecular complexity index is 847. The number of hydrogen-bond donors (Lipinski definition) is 1. The van der Waals surface area contributed by atoms with E-state index in [2.05, 4.69) is 4.72 Å². The molecular formula is C21H28N2O3S. The average Bonchev–Trinajstić information content (AvgIpc) is 2.61. The van der Waals surface area contributed by atoms with Gasteiger partial charge in [0.05, 0.1) is 11.7 Å². The lowest BCUT2D eigenvalue weighted by Gasteiger charge is -2.29. The summed E-state index contributed by atoms with van der Waals surface area (Å²) in [5.74, 6) is -1.06. The second-order valence-corrected chi connectivity index (χ2v) is 8.96. The van der Waals surface area contributed by atoms with Crippen LogP contribution in [0, 0.1) is 12.8 Å². The van der Waals surface area contributed by atoms with E-state index in [9.17, 15) is 13.2 Å². The van der Waals surface area contributed by atoms with Crippen molar-refractivity contribution in [3.05, 3.63) is 65.7 Å². The van der Waals surface area contributed by atoms with Crippen LogP contribution in [-0.2, 0) is 21.4 Å². The molecule has 1 unspecified atom stereocenters. The topological polar surface area (TPSA) is 66.5 Å². The number of benzene rings is 2. The van der Waals surface area contributed by atoms with Crippen LogP contribution in [0.1, 0.15) is 31.9 Å². The van der Waals surface area contributed by atoms with Crippen LogP contribution in [-0.4, -0.2) is 31.0 Å². The fourth-order valence-electron chi connectivity index (χ4n) is 2.82. The third-order valence-corrected chi connectivity index (χ3v) is 5.80. The second kappa shape index (κ2) is 9.04. The quantitative estimate of drug-likeness (QED) is 0.748. The van der Waals surface area contributed by atoms with E-state index >= 15 is 0 Å². The van der Waals surface area contributed by atoms with Gasteiger partial charge in [-0.2, -0.15) is 0 Å². The summed E-state index contributed by atoms with van der Waals surface area (Å²) in [6.07, 6.45) is 0. The van der Waals surface area contributed by atoms with Crippen LogP contribution >= 0.6 is 0 Å². The summed E-state index contributed by atoms with van der Waals surface area (Å²) in [6, 6.07) is 16.8. The first-order valence-electron chi connectivity index (χ1n) is 9.09. The number of amides is 1. The molecule has 0 saturated heterocycles. The zero-order valence-corrected chi connectivity index (χ0v) is 17.2. The SMILES string of the molecule is Cc1ccc(NS(=O)(=O)CC(C)C(=O)N(Cc2ccccc2)C(C)C)cc1. The van der Waals surface area contributed by atoms with Crippen LogP contribution < -0.4 is 4.72 Å². The molecular weight excluding hydrogens is 360 g/mol. The summed E-state index contributed by atoms with van der Waals surface area (Å²) in [5, 5.41) is 0. The first-order valence-corrected chi connectivity index (χ1v) is 10.7. The molecule has 0 bridgehead atoms. The van der Waals surface area contributed by atoms with Gasteiger partial charge in [0.15, 0.2) is 0 Å². The third-order valence-electron chi connectivity index (χ3n) is 4.32. The van der Waals surface area contributed by atoms with Gasteiger partial charge >= 0.3 is 0 Å². The number of nitrogens with one attached hydrogen (secondary N) is 1. The highest BCUT2D eigenvalue weighted by molar-refractivity contribution is 7.92. The highest BCUT2D eigenvalue weighted by atomic mass is 32.2. The number of carbonyl (C=O) groups excluding carboxylic acids is 1. The number of hydrogen-bond acceptors (Lipinski definition) is 3. The summed E-state index contributed by atoms with van der Waals surface area (Å²) in [6.45, 7) is 7.94. The summed E-state index contributed by atoms with van der Waals surface area (Å²) in [7, 11) is -3.62. The monoisotopic (exact) mass is 388 g/mol. The Morgan fingerprint density at radius 2 is 1.59 bits per heavy atom. The molecule has 0 aliphatic carbocycles. The van der Waals surface area contributed by atoms with Gasteiger partial charge in [-0.1, -0.05) is 55.0 Å². The zero-order chi connectivity index (χ0) is 20.0. The lowest BCUT2D eigenvalue weighted by Crippen LogP contribution is -2.42. The summed E-state index contributed by atoms with van der Waals surface area (Å²) in [5.41, 5.74) is 2.58. The zero-order valence-electron chi connectivity index (χ0n) is 16.3. The first kappa shape index (κ1) is 21.0. The fraction of sp³-hybridized carbons (Fsp3) is 0.381. The maximum Gasteiger partial charge on any atom is 0.233 e. The molecule has 0 spiro atoms. The van der Waals surface area contributed by atoms with E-state index < -0.39 is 15.9 Å². The molecule has 0 saturated carbocycles. The van der Waals surface area contributed by atoms with Gasteiger partial charge in [0, 0.05) is 18.3 Å². The van der Waals surface area contributed by atoms with Gasteiger partial charge in [0.1, 0.15) is 0 Å². The van der Waals surface area contributed by atoms with E-state index in [0.29, 0.717) is 12.2 Å². The summed E-state index contributed by atoms with van der Waals surface area (Å²) in [4.78, 5) is 14.6. The summed E-state index contributed by atoms with van der Waals surface area (Å²) < 4.78 is 27.5. The molecule has 0 fully saturated rings. The Morgan fingerprint density at radius 3 is 2.15 bits per heavy atom. The van der Waals surface area contributed by atoms with Crippen molar-refractivity contribution >= 4 is 21.6 Å². The highest BCUT2D eigenvalue weighted by Gasteiger charge is 2.27. The maximum absolute atomic E-state index is 12.9. The number of sulfonamides is 1. The predicted molar refractivity (Wildman–Crippen MR) is 110 cm³/mol. The van der Waals surface area contributed by atoms with Crippen LogP contribution in [0.2, 0.25) is 0 Å². The van der Waals surface area contributed by atoms with Gasteiger partial charge < -0.3 is 4.90 Å². The largest absolute Gasteiger partial charge is 0.336 e. The maximum atomic E-state index is 12.9. The van der Waals surface area contributed by atoms with E-state index in [1.54, 1.807) is 24.0 Å². The molecule has 146 valence electrons. The molecule has 6 heteroatoms. The van der Waals surface area contributed by atoms with Crippen molar-refractivity contribution in [2.75, 3.05) is 10.5 Å². The van der Waals surface area contributed by atoms with Crippen molar-refractivity contribution < 1.29 is 13.2 Å².